The van der Waals surface area contributed by atoms with Gasteiger partial charge in [0.05, 0.1) is 11.3 Å². The van der Waals surface area contributed by atoms with Gasteiger partial charge in [0.2, 0.25) is 0 Å². The van der Waals surface area contributed by atoms with Crippen molar-refractivity contribution in [1.29, 1.82) is 0 Å². The first-order valence-corrected chi connectivity index (χ1v) is 10.4. The number of piperidine rings is 1. The van der Waals surface area contributed by atoms with E-state index in [-0.39, 0.29) is 11.7 Å². The van der Waals surface area contributed by atoms with E-state index in [4.69, 9.17) is 0 Å². The van der Waals surface area contributed by atoms with E-state index in [9.17, 15) is 13.2 Å². The van der Waals surface area contributed by atoms with Crippen molar-refractivity contribution in [1.82, 2.24) is 9.80 Å². The molecule has 1 saturated carbocycles. The minimum atomic E-state index is -3.35. The second-order valence-electron chi connectivity index (χ2n) is 7.19. The van der Waals surface area contributed by atoms with Crippen molar-refractivity contribution in [2.75, 3.05) is 25.4 Å². The van der Waals surface area contributed by atoms with Crippen LogP contribution in [0.25, 0.3) is 0 Å². The Hall–Kier alpha value is -1.63. The van der Waals surface area contributed by atoms with Crippen LogP contribution in [0, 0.1) is 11.8 Å². The standard InChI is InChI=1S/C17H23N3O3S/c21-17(20-8-7-13-3-1-2-4-14(13)11-20)15-5-6-16-18-24(22,23)10-9-19(16)12-15/h5-6,12-14H,1-4,7-11H2. The molecule has 24 heavy (non-hydrogen) atoms. The van der Waals surface area contributed by atoms with Crippen LogP contribution >= 0.6 is 0 Å². The first-order chi connectivity index (χ1) is 11.5. The van der Waals surface area contributed by atoms with E-state index < -0.39 is 10.0 Å². The maximum Gasteiger partial charge on any atom is 0.256 e. The number of amides is 1. The lowest BCUT2D eigenvalue weighted by atomic mass is 9.75. The van der Waals surface area contributed by atoms with Crippen LogP contribution in [0.1, 0.15) is 32.1 Å². The molecule has 0 radical (unpaired) electrons. The highest BCUT2D eigenvalue weighted by atomic mass is 32.2. The second kappa shape index (κ2) is 6.02. The molecule has 0 N–H and O–H groups in total. The van der Waals surface area contributed by atoms with Gasteiger partial charge in [0.15, 0.2) is 0 Å². The monoisotopic (exact) mass is 349 g/mol. The lowest BCUT2D eigenvalue weighted by molar-refractivity contribution is -0.129. The number of rotatable bonds is 1. The predicted octanol–water partition coefficient (Wildman–Crippen LogP) is 1.52. The van der Waals surface area contributed by atoms with E-state index >= 15 is 0 Å². The highest BCUT2D eigenvalue weighted by molar-refractivity contribution is 7.90. The Morgan fingerprint density at radius 3 is 2.71 bits per heavy atom. The Bertz CT molecular complexity index is 738. The van der Waals surface area contributed by atoms with Gasteiger partial charge in [0, 0.05) is 25.8 Å². The summed E-state index contributed by atoms with van der Waals surface area (Å²) < 4.78 is 26.9. The smallest absolute Gasteiger partial charge is 0.256 e. The highest BCUT2D eigenvalue weighted by Crippen LogP contribution is 2.36. The molecule has 1 saturated heterocycles. The van der Waals surface area contributed by atoms with Gasteiger partial charge in [-0.25, -0.2) is 8.42 Å². The molecule has 2 unspecified atom stereocenters. The number of fused-ring (bicyclic) bond motifs is 2. The average molecular weight is 349 g/mol. The number of carbonyl (C=O) groups is 1. The maximum atomic E-state index is 12.9. The van der Waals surface area contributed by atoms with Crippen LogP contribution in [0.2, 0.25) is 0 Å². The summed E-state index contributed by atoms with van der Waals surface area (Å²) in [5.74, 6) is 1.91. The molecule has 0 spiro atoms. The molecule has 0 aromatic carbocycles. The van der Waals surface area contributed by atoms with Gasteiger partial charge in [-0.1, -0.05) is 19.3 Å². The number of amidine groups is 1. The zero-order valence-electron chi connectivity index (χ0n) is 13.7. The third-order valence-corrected chi connectivity index (χ3v) is 6.81. The molecule has 4 rings (SSSR count). The molecule has 4 aliphatic rings. The van der Waals surface area contributed by atoms with E-state index in [2.05, 4.69) is 4.40 Å². The molecule has 3 aliphatic heterocycles. The van der Waals surface area contributed by atoms with Gasteiger partial charge in [-0.05, 0) is 36.8 Å². The number of nitrogens with zero attached hydrogens (tertiary/aromatic N) is 3. The second-order valence-corrected chi connectivity index (χ2v) is 8.95. The summed E-state index contributed by atoms with van der Waals surface area (Å²) in [4.78, 5) is 16.6. The van der Waals surface area contributed by atoms with Crippen molar-refractivity contribution in [2.45, 2.75) is 32.1 Å². The SMILES string of the molecule is O=C(C1=CN2CCS(=O)(=O)N=C2C=C1)N1CCC2CCCCC2C1. The average Bonchev–Trinajstić information content (AvgIpc) is 2.59. The van der Waals surface area contributed by atoms with E-state index in [0.29, 0.717) is 23.9 Å². The fraction of sp³-hybridized carbons (Fsp3) is 0.647. The third kappa shape index (κ3) is 3.01. The fourth-order valence-corrected chi connectivity index (χ4v) is 5.26. The van der Waals surface area contributed by atoms with Gasteiger partial charge < -0.3 is 9.80 Å². The molecule has 7 heteroatoms. The minimum absolute atomic E-state index is 0.00419. The number of sulfonamides is 1. The molecule has 6 nitrogen and oxygen atoms in total. The van der Waals surface area contributed by atoms with Crippen molar-refractivity contribution in [3.8, 4) is 0 Å². The first kappa shape index (κ1) is 15.9. The molecule has 1 aliphatic carbocycles. The van der Waals surface area contributed by atoms with Gasteiger partial charge >= 0.3 is 0 Å². The van der Waals surface area contributed by atoms with Crippen LogP contribution < -0.4 is 0 Å². The zero-order chi connectivity index (χ0) is 16.7. The van der Waals surface area contributed by atoms with Crippen LogP contribution in [0.4, 0.5) is 0 Å². The largest absolute Gasteiger partial charge is 0.338 e. The number of likely N-dealkylation sites (tertiary alicyclic amines) is 1. The van der Waals surface area contributed by atoms with E-state index in [1.54, 1.807) is 23.3 Å². The van der Waals surface area contributed by atoms with Gasteiger partial charge in [-0.3, -0.25) is 4.79 Å². The van der Waals surface area contributed by atoms with Gasteiger partial charge in [-0.2, -0.15) is 0 Å². The lowest BCUT2D eigenvalue weighted by Gasteiger charge is -2.41. The molecule has 0 bridgehead atoms. The van der Waals surface area contributed by atoms with Crippen LogP contribution in [0.5, 0.6) is 0 Å². The summed E-state index contributed by atoms with van der Waals surface area (Å²) in [7, 11) is -3.35. The Labute approximate surface area is 143 Å². The molecule has 130 valence electrons. The minimum Gasteiger partial charge on any atom is -0.338 e. The van der Waals surface area contributed by atoms with Crippen molar-refractivity contribution in [2.24, 2.45) is 16.2 Å². The van der Waals surface area contributed by atoms with E-state index in [1.807, 2.05) is 4.90 Å². The molecule has 3 heterocycles. The van der Waals surface area contributed by atoms with E-state index in [0.717, 1.165) is 25.4 Å². The van der Waals surface area contributed by atoms with Crippen LogP contribution in [-0.2, 0) is 14.8 Å². The maximum absolute atomic E-state index is 12.9. The Morgan fingerprint density at radius 2 is 1.88 bits per heavy atom. The highest BCUT2D eigenvalue weighted by Gasteiger charge is 2.34. The quantitative estimate of drug-likeness (QED) is 0.720. The van der Waals surface area contributed by atoms with Crippen molar-refractivity contribution in [3.63, 3.8) is 0 Å². The van der Waals surface area contributed by atoms with Crippen molar-refractivity contribution >= 4 is 21.8 Å². The first-order valence-electron chi connectivity index (χ1n) is 8.80. The van der Waals surface area contributed by atoms with Crippen molar-refractivity contribution in [3.05, 3.63) is 23.9 Å². The number of hydrogen-bond acceptors (Lipinski definition) is 4. The van der Waals surface area contributed by atoms with E-state index in [1.165, 1.54) is 25.7 Å². The molecule has 0 aromatic heterocycles. The summed E-state index contributed by atoms with van der Waals surface area (Å²) in [6, 6.07) is 0. The summed E-state index contributed by atoms with van der Waals surface area (Å²) >= 11 is 0. The Kier molecular flexibility index (Phi) is 3.98. The topological polar surface area (TPSA) is 70.0 Å². The summed E-state index contributed by atoms with van der Waals surface area (Å²) in [6.45, 7) is 2.05. The molecule has 2 atom stereocenters. The Morgan fingerprint density at radius 1 is 1.08 bits per heavy atom. The molecule has 0 aromatic rings. The Balaban J connectivity index is 1.48. The number of hydrogen-bond donors (Lipinski definition) is 0. The van der Waals surface area contributed by atoms with Crippen LogP contribution in [0.15, 0.2) is 28.3 Å². The zero-order valence-corrected chi connectivity index (χ0v) is 14.5. The molecular weight excluding hydrogens is 326 g/mol. The normalized spacial score (nSPS) is 31.7. The fourth-order valence-electron chi connectivity index (χ4n) is 4.30. The lowest BCUT2D eigenvalue weighted by Crippen LogP contribution is -2.46. The molecular formula is C17H23N3O3S. The summed E-state index contributed by atoms with van der Waals surface area (Å²) in [5.41, 5.74) is 0.627. The summed E-state index contributed by atoms with van der Waals surface area (Å²) in [6.07, 6.45) is 11.4. The van der Waals surface area contributed by atoms with Gasteiger partial charge in [0.25, 0.3) is 15.9 Å². The molecule has 1 amide bonds. The van der Waals surface area contributed by atoms with Crippen LogP contribution in [0.3, 0.4) is 0 Å². The summed E-state index contributed by atoms with van der Waals surface area (Å²) in [5, 5.41) is 0. The molecule has 2 fully saturated rings. The predicted molar refractivity (Wildman–Crippen MR) is 91.8 cm³/mol. The van der Waals surface area contributed by atoms with Crippen molar-refractivity contribution < 1.29 is 13.2 Å². The van der Waals surface area contributed by atoms with Crippen LogP contribution in [-0.4, -0.2) is 55.3 Å². The van der Waals surface area contributed by atoms with Gasteiger partial charge in [0.1, 0.15) is 5.84 Å². The third-order valence-electron chi connectivity index (χ3n) is 5.65. The number of carbonyl (C=O) groups excluding carboxylic acids is 1. The van der Waals surface area contributed by atoms with Gasteiger partial charge in [-0.15, -0.1) is 4.40 Å².